The van der Waals surface area contributed by atoms with Crippen LogP contribution in [0.5, 0.6) is 11.5 Å². The zero-order valence-corrected chi connectivity index (χ0v) is 10.1. The van der Waals surface area contributed by atoms with E-state index < -0.39 is 40.5 Å². The standard InChI is InChI=1S/C11H8F6O3/c1-19-6-3-5(4-18)7(10(12,13)14)8(9(6)20-2)11(15,16)17/h3-4H,1-2H3. The molecule has 0 bridgehead atoms. The highest BCUT2D eigenvalue weighted by Crippen LogP contribution is 2.49. The summed E-state index contributed by atoms with van der Waals surface area (Å²) in [5, 5.41) is 0. The Morgan fingerprint density at radius 1 is 0.950 bits per heavy atom. The molecule has 1 aromatic carbocycles. The van der Waals surface area contributed by atoms with Gasteiger partial charge in [0.15, 0.2) is 17.8 Å². The van der Waals surface area contributed by atoms with Crippen molar-refractivity contribution in [3.63, 3.8) is 0 Å². The van der Waals surface area contributed by atoms with E-state index in [2.05, 4.69) is 9.47 Å². The molecule has 0 saturated heterocycles. The summed E-state index contributed by atoms with van der Waals surface area (Å²) in [7, 11) is 1.72. The average molecular weight is 302 g/mol. The molecule has 0 atom stereocenters. The van der Waals surface area contributed by atoms with Gasteiger partial charge >= 0.3 is 12.4 Å². The van der Waals surface area contributed by atoms with E-state index in [0.29, 0.717) is 6.07 Å². The fourth-order valence-corrected chi connectivity index (χ4v) is 1.68. The Balaban J connectivity index is 3.93. The van der Waals surface area contributed by atoms with E-state index in [-0.39, 0.29) is 6.29 Å². The smallest absolute Gasteiger partial charge is 0.420 e. The number of rotatable bonds is 3. The van der Waals surface area contributed by atoms with Gasteiger partial charge in [0.2, 0.25) is 0 Å². The summed E-state index contributed by atoms with van der Waals surface area (Å²) in [6.07, 6.45) is -11.1. The quantitative estimate of drug-likeness (QED) is 0.632. The van der Waals surface area contributed by atoms with Crippen molar-refractivity contribution in [1.82, 2.24) is 0 Å². The maximum absolute atomic E-state index is 12.9. The van der Waals surface area contributed by atoms with E-state index in [1.807, 2.05) is 0 Å². The Labute approximate surface area is 109 Å². The highest BCUT2D eigenvalue weighted by Gasteiger charge is 2.48. The maximum Gasteiger partial charge on any atom is 0.420 e. The van der Waals surface area contributed by atoms with Crippen LogP contribution in [0.15, 0.2) is 6.07 Å². The fraction of sp³-hybridized carbons (Fsp3) is 0.364. The Morgan fingerprint density at radius 2 is 1.45 bits per heavy atom. The molecule has 0 aliphatic heterocycles. The minimum absolute atomic E-state index is 0.319. The molecule has 0 fully saturated rings. The maximum atomic E-state index is 12.9. The number of benzene rings is 1. The predicted octanol–water partition coefficient (Wildman–Crippen LogP) is 3.55. The average Bonchev–Trinajstić information content (AvgIpc) is 2.33. The number of carbonyl (C=O) groups excluding carboxylic acids is 1. The molecule has 112 valence electrons. The molecule has 0 unspecified atom stereocenters. The van der Waals surface area contributed by atoms with E-state index in [0.717, 1.165) is 14.2 Å². The number of halogens is 6. The summed E-state index contributed by atoms with van der Waals surface area (Å²) in [4.78, 5) is 10.7. The number of ether oxygens (including phenoxy) is 2. The van der Waals surface area contributed by atoms with Crippen molar-refractivity contribution in [2.75, 3.05) is 14.2 Å². The highest BCUT2D eigenvalue weighted by molar-refractivity contribution is 5.81. The fourth-order valence-electron chi connectivity index (χ4n) is 1.68. The van der Waals surface area contributed by atoms with Crippen LogP contribution in [-0.4, -0.2) is 20.5 Å². The Kier molecular flexibility index (Phi) is 4.21. The van der Waals surface area contributed by atoms with Crippen molar-refractivity contribution in [3.8, 4) is 11.5 Å². The number of hydrogen-bond donors (Lipinski definition) is 0. The number of methoxy groups -OCH3 is 2. The summed E-state index contributed by atoms with van der Waals surface area (Å²) >= 11 is 0. The number of alkyl halides is 6. The Bertz CT molecular complexity index is 518. The molecule has 0 aliphatic carbocycles. The van der Waals surface area contributed by atoms with Crippen molar-refractivity contribution in [2.45, 2.75) is 12.4 Å². The van der Waals surface area contributed by atoms with Crippen LogP contribution < -0.4 is 9.47 Å². The predicted molar refractivity (Wildman–Crippen MR) is 54.9 cm³/mol. The van der Waals surface area contributed by atoms with Crippen molar-refractivity contribution in [1.29, 1.82) is 0 Å². The molecule has 0 spiro atoms. The molecule has 0 aromatic heterocycles. The number of carbonyl (C=O) groups is 1. The van der Waals surface area contributed by atoms with Crippen molar-refractivity contribution in [2.24, 2.45) is 0 Å². The van der Waals surface area contributed by atoms with Crippen LogP contribution in [0.2, 0.25) is 0 Å². The number of hydrogen-bond acceptors (Lipinski definition) is 3. The Hall–Kier alpha value is -1.93. The summed E-state index contributed by atoms with van der Waals surface area (Å²) in [6, 6.07) is 0.546. The second-order valence-electron chi connectivity index (χ2n) is 3.56. The number of aldehydes is 1. The minimum atomic E-state index is -5.37. The molecule has 0 amide bonds. The van der Waals surface area contributed by atoms with E-state index in [1.54, 1.807) is 0 Å². The second-order valence-corrected chi connectivity index (χ2v) is 3.56. The summed E-state index contributed by atoms with van der Waals surface area (Å²) in [6.45, 7) is 0. The van der Waals surface area contributed by atoms with Crippen LogP contribution in [0.1, 0.15) is 21.5 Å². The van der Waals surface area contributed by atoms with Gasteiger partial charge in [-0.25, -0.2) is 0 Å². The summed E-state index contributed by atoms with van der Waals surface area (Å²) in [5.74, 6) is -1.74. The molecule has 0 aliphatic rings. The molecular weight excluding hydrogens is 294 g/mol. The van der Waals surface area contributed by atoms with E-state index in [4.69, 9.17) is 0 Å². The van der Waals surface area contributed by atoms with Gasteiger partial charge in [-0.2, -0.15) is 26.3 Å². The molecule has 1 aromatic rings. The van der Waals surface area contributed by atoms with Gasteiger partial charge in [0.05, 0.1) is 19.8 Å². The van der Waals surface area contributed by atoms with Gasteiger partial charge in [0.1, 0.15) is 5.56 Å². The van der Waals surface area contributed by atoms with Gasteiger partial charge in [0.25, 0.3) is 0 Å². The SMILES string of the molecule is COc1cc(C=O)c(C(F)(F)F)c(C(F)(F)F)c1OC. The van der Waals surface area contributed by atoms with E-state index >= 15 is 0 Å². The monoisotopic (exact) mass is 302 g/mol. The van der Waals surface area contributed by atoms with Gasteiger partial charge in [-0.05, 0) is 6.07 Å². The van der Waals surface area contributed by atoms with Gasteiger partial charge < -0.3 is 9.47 Å². The lowest BCUT2D eigenvalue weighted by Gasteiger charge is -2.21. The highest BCUT2D eigenvalue weighted by atomic mass is 19.4. The topological polar surface area (TPSA) is 35.5 Å². The largest absolute Gasteiger partial charge is 0.493 e. The zero-order valence-electron chi connectivity index (χ0n) is 10.1. The minimum Gasteiger partial charge on any atom is -0.493 e. The first-order valence-electron chi connectivity index (χ1n) is 4.96. The van der Waals surface area contributed by atoms with Gasteiger partial charge in [-0.3, -0.25) is 4.79 Å². The van der Waals surface area contributed by atoms with E-state index in [1.165, 1.54) is 0 Å². The zero-order chi connectivity index (χ0) is 15.7. The molecule has 0 saturated carbocycles. The molecular formula is C11H8F6O3. The van der Waals surface area contributed by atoms with E-state index in [9.17, 15) is 31.1 Å². The third-order valence-electron chi connectivity index (χ3n) is 2.39. The summed E-state index contributed by atoms with van der Waals surface area (Å²) < 4.78 is 86.1. The molecule has 0 N–H and O–H groups in total. The lowest BCUT2D eigenvalue weighted by molar-refractivity contribution is -0.163. The third-order valence-corrected chi connectivity index (χ3v) is 2.39. The summed E-state index contributed by atoms with van der Waals surface area (Å²) in [5.41, 5.74) is -5.37. The van der Waals surface area contributed by atoms with Gasteiger partial charge in [-0.15, -0.1) is 0 Å². The molecule has 9 heteroatoms. The van der Waals surface area contributed by atoms with Crippen LogP contribution in [0.25, 0.3) is 0 Å². The molecule has 0 radical (unpaired) electrons. The van der Waals surface area contributed by atoms with Crippen LogP contribution in [-0.2, 0) is 12.4 Å². The van der Waals surface area contributed by atoms with Crippen LogP contribution in [0.3, 0.4) is 0 Å². The van der Waals surface area contributed by atoms with Crippen LogP contribution in [0.4, 0.5) is 26.3 Å². The lowest BCUT2D eigenvalue weighted by atomic mass is 9.98. The van der Waals surface area contributed by atoms with Gasteiger partial charge in [0, 0.05) is 5.56 Å². The second kappa shape index (κ2) is 5.22. The molecule has 3 nitrogen and oxygen atoms in total. The normalized spacial score (nSPS) is 12.2. The molecule has 20 heavy (non-hydrogen) atoms. The van der Waals surface area contributed by atoms with Crippen molar-refractivity contribution < 1.29 is 40.6 Å². The first-order valence-corrected chi connectivity index (χ1v) is 4.96. The third kappa shape index (κ3) is 2.81. The van der Waals surface area contributed by atoms with Crippen molar-refractivity contribution in [3.05, 3.63) is 22.8 Å². The van der Waals surface area contributed by atoms with Crippen molar-refractivity contribution >= 4 is 6.29 Å². The first kappa shape index (κ1) is 16.1. The van der Waals surface area contributed by atoms with Crippen LogP contribution in [0, 0.1) is 0 Å². The molecule has 0 heterocycles. The Morgan fingerprint density at radius 3 is 1.75 bits per heavy atom. The first-order chi connectivity index (χ1) is 9.07. The molecule has 1 rings (SSSR count). The van der Waals surface area contributed by atoms with Crippen LogP contribution >= 0.6 is 0 Å². The van der Waals surface area contributed by atoms with Gasteiger partial charge in [-0.1, -0.05) is 0 Å². The lowest BCUT2D eigenvalue weighted by Crippen LogP contribution is -2.20.